The summed E-state index contributed by atoms with van der Waals surface area (Å²) in [5.74, 6) is -1.29. The van der Waals surface area contributed by atoms with Gasteiger partial charge in [0.2, 0.25) is 0 Å². The van der Waals surface area contributed by atoms with Crippen LogP contribution in [0.2, 0.25) is 0 Å². The lowest BCUT2D eigenvalue weighted by Gasteiger charge is -2.51. The quantitative estimate of drug-likeness (QED) is 0.240. The van der Waals surface area contributed by atoms with E-state index >= 15 is 0 Å². The van der Waals surface area contributed by atoms with E-state index in [1.54, 1.807) is 7.11 Å². The fraction of sp³-hybridized carbons (Fsp3) is 0.791. The highest BCUT2D eigenvalue weighted by atomic mass is 16.7. The van der Waals surface area contributed by atoms with E-state index in [1.807, 2.05) is 32.1 Å². The minimum atomic E-state index is -1.51. The zero-order valence-electron chi connectivity index (χ0n) is 32.7. The van der Waals surface area contributed by atoms with Gasteiger partial charge in [0.05, 0.1) is 43.2 Å². The van der Waals surface area contributed by atoms with Gasteiger partial charge in [0.15, 0.2) is 12.1 Å². The molecule has 14 atom stereocenters. The van der Waals surface area contributed by atoms with Crippen molar-refractivity contribution in [3.05, 3.63) is 47.1 Å². The molecule has 5 heterocycles. The third kappa shape index (κ3) is 8.18. The second kappa shape index (κ2) is 16.3. The van der Waals surface area contributed by atoms with Crippen LogP contribution in [0.5, 0.6) is 0 Å². The molecule has 10 nitrogen and oxygen atoms in total. The Bertz CT molecular complexity index is 1430. The van der Waals surface area contributed by atoms with Crippen LogP contribution in [0, 0.1) is 23.7 Å². The number of carbonyl (C=O) groups is 1. The molecule has 296 valence electrons. The van der Waals surface area contributed by atoms with Gasteiger partial charge < -0.3 is 43.4 Å². The maximum Gasteiger partial charge on any atom is 0.316 e. The topological polar surface area (TPSA) is 122 Å². The van der Waals surface area contributed by atoms with Crippen LogP contribution in [0.3, 0.4) is 0 Å². The first-order chi connectivity index (χ1) is 25.4. The van der Waals surface area contributed by atoms with Crippen molar-refractivity contribution in [2.75, 3.05) is 13.7 Å². The number of hydrogen-bond acceptors (Lipinski definition) is 10. The second-order valence-electron chi connectivity index (χ2n) is 17.4. The fourth-order valence-corrected chi connectivity index (χ4v) is 10.4. The molecule has 1 spiro atoms. The molecule has 5 fully saturated rings. The summed E-state index contributed by atoms with van der Waals surface area (Å²) in [4.78, 5) is 14.3. The van der Waals surface area contributed by atoms with E-state index in [2.05, 4.69) is 32.9 Å². The molecule has 0 aromatic rings. The van der Waals surface area contributed by atoms with E-state index in [9.17, 15) is 15.0 Å². The molecular formula is C43H64O10. The molecule has 2 N–H and O–H groups in total. The summed E-state index contributed by atoms with van der Waals surface area (Å²) in [6.45, 7) is 10.6. The predicted octanol–water partition coefficient (Wildman–Crippen LogP) is 6.63. The van der Waals surface area contributed by atoms with E-state index in [4.69, 9.17) is 33.2 Å². The molecule has 3 unspecified atom stereocenters. The Morgan fingerprint density at radius 3 is 2.57 bits per heavy atom. The minimum absolute atomic E-state index is 0.0874. The first-order valence-electron chi connectivity index (χ1n) is 20.5. The molecule has 5 aliphatic heterocycles. The van der Waals surface area contributed by atoms with Crippen molar-refractivity contribution in [1.82, 2.24) is 0 Å². The van der Waals surface area contributed by atoms with Crippen LogP contribution < -0.4 is 0 Å². The SMILES string of the molecule is CO[C@H]1CC(O[C@@H]2C(C)=CC[C@@H]3C[C@@H](C[C@]4(CC[C@H](C)[C@@H](C5CCCCC5)O4)O3)OC(=O)[C@@H]3C=C(C)C[C@H]4OCC(=CC=C[C@@H]2C)C43O)O[C@@H](C)C1O. The monoisotopic (exact) mass is 740 g/mol. The molecular weight excluding hydrogens is 676 g/mol. The maximum atomic E-state index is 14.3. The Hall–Kier alpha value is -1.89. The first kappa shape index (κ1) is 39.3. The van der Waals surface area contributed by atoms with Gasteiger partial charge >= 0.3 is 5.97 Å². The van der Waals surface area contributed by atoms with Crippen molar-refractivity contribution < 1.29 is 48.2 Å². The summed E-state index contributed by atoms with van der Waals surface area (Å²) in [5.41, 5.74) is 1.19. The van der Waals surface area contributed by atoms with Crippen LogP contribution in [0.15, 0.2) is 47.1 Å². The molecule has 2 aliphatic carbocycles. The maximum absolute atomic E-state index is 14.3. The number of rotatable bonds is 4. The van der Waals surface area contributed by atoms with Crippen LogP contribution in [0.4, 0.5) is 0 Å². The predicted molar refractivity (Wildman–Crippen MR) is 199 cm³/mol. The molecule has 0 aromatic heterocycles. The molecule has 0 amide bonds. The van der Waals surface area contributed by atoms with Gasteiger partial charge in [-0.3, -0.25) is 4.79 Å². The summed E-state index contributed by atoms with van der Waals surface area (Å²) >= 11 is 0. The van der Waals surface area contributed by atoms with E-state index in [1.165, 1.54) is 32.1 Å². The third-order valence-electron chi connectivity index (χ3n) is 13.5. The molecule has 53 heavy (non-hydrogen) atoms. The molecule has 7 aliphatic rings. The van der Waals surface area contributed by atoms with Gasteiger partial charge in [-0.1, -0.05) is 69.1 Å². The molecule has 7 rings (SSSR count). The Labute approximate surface area is 316 Å². The van der Waals surface area contributed by atoms with Gasteiger partial charge in [-0.15, -0.1) is 0 Å². The molecule has 2 bridgehead atoms. The average molecular weight is 741 g/mol. The Morgan fingerprint density at radius 2 is 1.79 bits per heavy atom. The Balaban J connectivity index is 1.22. The number of hydrogen-bond donors (Lipinski definition) is 2. The second-order valence-corrected chi connectivity index (χ2v) is 17.4. The number of esters is 1. The number of fused-ring (bicyclic) bond motifs is 2. The molecule has 4 saturated heterocycles. The summed E-state index contributed by atoms with van der Waals surface area (Å²) in [7, 11) is 1.61. The zero-order chi connectivity index (χ0) is 37.5. The van der Waals surface area contributed by atoms with Gasteiger partial charge in [-0.2, -0.15) is 0 Å². The van der Waals surface area contributed by atoms with Crippen LogP contribution in [0.1, 0.15) is 112 Å². The van der Waals surface area contributed by atoms with Crippen molar-refractivity contribution in [2.24, 2.45) is 23.7 Å². The lowest BCUT2D eigenvalue weighted by Crippen LogP contribution is -2.56. The summed E-state index contributed by atoms with van der Waals surface area (Å²) in [6.07, 6.45) is 16.8. The van der Waals surface area contributed by atoms with E-state index < -0.39 is 60.1 Å². The largest absolute Gasteiger partial charge is 0.462 e. The van der Waals surface area contributed by atoms with Crippen molar-refractivity contribution >= 4 is 5.97 Å². The molecule has 10 heteroatoms. The number of carbonyl (C=O) groups excluding carboxylic acids is 1. The lowest BCUT2D eigenvalue weighted by molar-refractivity contribution is -0.342. The lowest BCUT2D eigenvalue weighted by atomic mass is 9.72. The normalized spacial score (nSPS) is 45.9. The van der Waals surface area contributed by atoms with Gasteiger partial charge in [0, 0.05) is 38.7 Å². The number of ether oxygens (including phenoxy) is 7. The third-order valence-corrected chi connectivity index (χ3v) is 13.5. The van der Waals surface area contributed by atoms with Crippen LogP contribution >= 0.6 is 0 Å². The van der Waals surface area contributed by atoms with Crippen molar-refractivity contribution in [2.45, 2.75) is 178 Å². The first-order valence-corrected chi connectivity index (χ1v) is 20.5. The van der Waals surface area contributed by atoms with Gasteiger partial charge in [-0.05, 0) is 75.9 Å². The van der Waals surface area contributed by atoms with Gasteiger partial charge in [-0.25, -0.2) is 0 Å². The summed E-state index contributed by atoms with van der Waals surface area (Å²) in [5, 5.41) is 23.1. The standard InChI is InChI=1S/C43H64O10/c1-25-19-34-41(45)50-33-21-32(52-42(23-33)18-17-28(4)40(53-42)30-12-8-7-9-13-30)16-15-27(3)39(51-37-22-35(47-6)38(44)29(5)49-37)26(2)11-10-14-31-24-48-36(20-25)43(31,34)46/h10-11,14-15,19,26,28-30,32-40,44,46H,7-9,12-13,16-18,20-24H2,1-6H3/t26-,28-,29-,32+,33-,34-,35-,36+,37?,38?,39-,40-,42+,43?/m0/s1. The number of methoxy groups -OCH3 is 1. The number of allylic oxidation sites excluding steroid dienone is 2. The fourth-order valence-electron chi connectivity index (χ4n) is 10.4. The zero-order valence-corrected chi connectivity index (χ0v) is 32.7. The molecule has 0 radical (unpaired) electrons. The summed E-state index contributed by atoms with van der Waals surface area (Å²) in [6, 6.07) is 0. The van der Waals surface area contributed by atoms with Crippen LogP contribution in [-0.4, -0.2) is 96.4 Å². The molecule has 0 aromatic carbocycles. The van der Waals surface area contributed by atoms with Crippen molar-refractivity contribution in [3.63, 3.8) is 0 Å². The number of aliphatic hydroxyl groups is 2. The smallest absolute Gasteiger partial charge is 0.316 e. The van der Waals surface area contributed by atoms with E-state index in [-0.39, 0.29) is 30.8 Å². The molecule has 1 saturated carbocycles. The minimum Gasteiger partial charge on any atom is -0.462 e. The highest BCUT2D eigenvalue weighted by Crippen LogP contribution is 2.48. The Kier molecular flexibility index (Phi) is 12.1. The highest BCUT2D eigenvalue weighted by molar-refractivity contribution is 5.78. The average Bonchev–Trinajstić information content (AvgIpc) is 3.46. The van der Waals surface area contributed by atoms with E-state index in [0.717, 1.165) is 24.0 Å². The van der Waals surface area contributed by atoms with Gasteiger partial charge in [0.25, 0.3) is 0 Å². The van der Waals surface area contributed by atoms with Crippen molar-refractivity contribution in [1.29, 1.82) is 0 Å². The highest BCUT2D eigenvalue weighted by Gasteiger charge is 2.57. The van der Waals surface area contributed by atoms with Crippen LogP contribution in [-0.2, 0) is 38.0 Å². The number of aliphatic hydroxyl groups excluding tert-OH is 1. The van der Waals surface area contributed by atoms with E-state index in [0.29, 0.717) is 49.5 Å². The van der Waals surface area contributed by atoms with Gasteiger partial charge in [0.1, 0.15) is 23.7 Å². The van der Waals surface area contributed by atoms with Crippen molar-refractivity contribution in [3.8, 4) is 0 Å². The summed E-state index contributed by atoms with van der Waals surface area (Å²) < 4.78 is 45.3. The Morgan fingerprint density at radius 1 is 1.00 bits per heavy atom. The van der Waals surface area contributed by atoms with Crippen LogP contribution in [0.25, 0.3) is 0 Å².